The number of nitro benzene ring substituents is 1. The number of hydrogen-bond acceptors (Lipinski definition) is 6. The molecule has 1 saturated carbocycles. The van der Waals surface area contributed by atoms with Gasteiger partial charge in [-0.3, -0.25) is 29.3 Å². The number of benzene rings is 2. The summed E-state index contributed by atoms with van der Waals surface area (Å²) < 4.78 is 0.751. The number of hydrazine groups is 1. The summed E-state index contributed by atoms with van der Waals surface area (Å²) >= 11 is 10.4. The van der Waals surface area contributed by atoms with Crippen LogP contribution in [0.4, 0.5) is 5.69 Å². The first-order chi connectivity index (χ1) is 16.6. The summed E-state index contributed by atoms with van der Waals surface area (Å²) in [5.41, 5.74) is -0.162. The minimum atomic E-state index is -0.856. The molecular weight excluding hydrogens is 654 g/mol. The fourth-order valence-electron chi connectivity index (χ4n) is 4.31. The molecule has 1 aliphatic carbocycles. The number of carbonyl (C=O) groups is 4. The third-order valence-electron chi connectivity index (χ3n) is 6.13. The first-order valence-electron chi connectivity index (χ1n) is 10.6. The summed E-state index contributed by atoms with van der Waals surface area (Å²) in [6.45, 7) is -0.588. The van der Waals surface area contributed by atoms with Gasteiger partial charge in [0.15, 0.2) is 5.78 Å². The van der Waals surface area contributed by atoms with Crippen LogP contribution in [0.5, 0.6) is 0 Å². The Balaban J connectivity index is 1.72. The number of ketones is 1. The molecular formula is C23H18Br3N3O6. The highest BCUT2D eigenvalue weighted by molar-refractivity contribution is 9.12. The van der Waals surface area contributed by atoms with E-state index >= 15 is 0 Å². The van der Waals surface area contributed by atoms with Crippen LogP contribution in [0, 0.1) is 22.0 Å². The maximum atomic E-state index is 13.5. The zero-order valence-corrected chi connectivity index (χ0v) is 22.7. The number of halogens is 3. The molecule has 2 aromatic rings. The van der Waals surface area contributed by atoms with E-state index in [4.69, 9.17) is 0 Å². The molecule has 1 heterocycles. The Hall–Kier alpha value is -2.44. The molecule has 2 aromatic carbocycles. The van der Waals surface area contributed by atoms with Gasteiger partial charge in [-0.25, -0.2) is 5.01 Å². The molecule has 0 unspecified atom stereocenters. The van der Waals surface area contributed by atoms with Crippen molar-refractivity contribution in [1.29, 1.82) is 0 Å². The van der Waals surface area contributed by atoms with Gasteiger partial charge in [-0.05, 0) is 31.0 Å². The van der Waals surface area contributed by atoms with E-state index in [2.05, 4.69) is 47.8 Å². The first kappa shape index (κ1) is 25.6. The Labute approximate surface area is 225 Å². The van der Waals surface area contributed by atoms with Gasteiger partial charge in [-0.2, -0.15) is 5.01 Å². The van der Waals surface area contributed by atoms with E-state index in [1.165, 1.54) is 18.2 Å². The largest absolute Gasteiger partial charge is 0.292 e. The fourth-order valence-corrected chi connectivity index (χ4v) is 5.81. The molecule has 2 fully saturated rings. The highest BCUT2D eigenvalue weighted by Crippen LogP contribution is 2.43. The van der Waals surface area contributed by atoms with Crippen LogP contribution in [-0.4, -0.2) is 54.6 Å². The average molecular weight is 672 g/mol. The van der Waals surface area contributed by atoms with Crippen LogP contribution < -0.4 is 0 Å². The average Bonchev–Trinajstić information content (AvgIpc) is 3.06. The highest BCUT2D eigenvalue weighted by Gasteiger charge is 2.54. The van der Waals surface area contributed by atoms with Gasteiger partial charge in [-0.15, -0.1) is 0 Å². The topological polar surface area (TPSA) is 118 Å². The second kappa shape index (κ2) is 10.3. The van der Waals surface area contributed by atoms with Gasteiger partial charge in [0.25, 0.3) is 23.4 Å². The summed E-state index contributed by atoms with van der Waals surface area (Å²) in [6.07, 6.45) is 0.780. The van der Waals surface area contributed by atoms with Gasteiger partial charge in [0.2, 0.25) is 0 Å². The number of nitro groups is 1. The number of nitrogens with zero attached hydrogens (tertiary/aromatic N) is 3. The normalized spacial score (nSPS) is 23.7. The van der Waals surface area contributed by atoms with Gasteiger partial charge in [-0.1, -0.05) is 66.0 Å². The van der Waals surface area contributed by atoms with Crippen molar-refractivity contribution in [3.05, 3.63) is 74.2 Å². The molecule has 0 aromatic heterocycles. The minimum absolute atomic E-state index is 0.0363. The number of rotatable bonds is 6. The van der Waals surface area contributed by atoms with Crippen LogP contribution in [0.2, 0.25) is 0 Å². The lowest BCUT2D eigenvalue weighted by atomic mass is 9.81. The van der Waals surface area contributed by atoms with Gasteiger partial charge in [0, 0.05) is 37.4 Å². The van der Waals surface area contributed by atoms with Crippen molar-refractivity contribution in [2.75, 3.05) is 6.54 Å². The molecule has 0 bridgehead atoms. The number of hydrogen-bond donors (Lipinski definition) is 0. The van der Waals surface area contributed by atoms with Crippen molar-refractivity contribution >= 4 is 77.0 Å². The van der Waals surface area contributed by atoms with E-state index in [1.807, 2.05) is 0 Å². The summed E-state index contributed by atoms with van der Waals surface area (Å²) in [7, 11) is 0. The van der Waals surface area contributed by atoms with Crippen molar-refractivity contribution < 1.29 is 24.1 Å². The zero-order valence-electron chi connectivity index (χ0n) is 18.0. The second-order valence-electron chi connectivity index (χ2n) is 8.30. The van der Waals surface area contributed by atoms with Crippen LogP contribution >= 0.6 is 47.8 Å². The van der Waals surface area contributed by atoms with Gasteiger partial charge >= 0.3 is 0 Å². The van der Waals surface area contributed by atoms with Gasteiger partial charge in [0.05, 0.1) is 16.8 Å². The molecule has 2 aliphatic rings. The number of Topliss-reactive ketones (excluding diaryl/α,β-unsaturated/α-hetero) is 1. The number of fused-ring (bicyclic) bond motifs is 1. The maximum absolute atomic E-state index is 13.5. The van der Waals surface area contributed by atoms with E-state index in [0.717, 1.165) is 20.6 Å². The fraction of sp³-hybridized carbons (Fsp3) is 0.304. The second-order valence-corrected chi connectivity index (χ2v) is 11.6. The molecule has 4 atom stereocenters. The standard InChI is InChI=1S/C23H18Br3N3O6/c24-14-6-4-12(5-7-14)20(30)11-27(21(31)13-2-1-3-15(8-13)29(34)35)28-22(32)16-9-18(25)19(26)10-17(16)23(28)33/h1-8,16-19H,9-11H2/t16-,17-,18-,19+/m1/s1. The Bertz CT molecular complexity index is 1190. The summed E-state index contributed by atoms with van der Waals surface area (Å²) in [6, 6.07) is 11.4. The quantitative estimate of drug-likeness (QED) is 0.147. The SMILES string of the molecule is O=C(CN(C(=O)c1cccc([N+](=O)[O-])c1)N1C(=O)[C@@H]2C[C@@H](Br)[C@@H](Br)C[C@H]2C1=O)c1ccc(Br)cc1. The molecule has 0 radical (unpaired) electrons. The van der Waals surface area contributed by atoms with Crippen molar-refractivity contribution in [3.8, 4) is 0 Å². The molecule has 0 spiro atoms. The van der Waals surface area contributed by atoms with Crippen LogP contribution in [0.1, 0.15) is 33.6 Å². The molecule has 4 rings (SSSR count). The molecule has 1 aliphatic heterocycles. The van der Waals surface area contributed by atoms with E-state index in [-0.39, 0.29) is 26.5 Å². The predicted molar refractivity (Wildman–Crippen MR) is 136 cm³/mol. The molecule has 1 saturated heterocycles. The molecule has 9 nitrogen and oxygen atoms in total. The minimum Gasteiger partial charge on any atom is -0.292 e. The van der Waals surface area contributed by atoms with E-state index in [9.17, 15) is 29.3 Å². The van der Waals surface area contributed by atoms with Crippen LogP contribution in [0.15, 0.2) is 53.0 Å². The predicted octanol–water partition coefficient (Wildman–Crippen LogP) is 4.52. The number of non-ortho nitro benzene ring substituents is 1. The third-order valence-corrected chi connectivity index (χ3v) is 9.39. The van der Waals surface area contributed by atoms with Crippen LogP contribution in [0.3, 0.4) is 0 Å². The monoisotopic (exact) mass is 669 g/mol. The maximum Gasteiger partial charge on any atom is 0.273 e. The van der Waals surface area contributed by atoms with Crippen LogP contribution in [0.25, 0.3) is 0 Å². The van der Waals surface area contributed by atoms with E-state index < -0.39 is 46.8 Å². The molecule has 35 heavy (non-hydrogen) atoms. The van der Waals surface area contributed by atoms with Crippen molar-refractivity contribution in [2.24, 2.45) is 11.8 Å². The van der Waals surface area contributed by atoms with Gasteiger partial charge < -0.3 is 0 Å². The van der Waals surface area contributed by atoms with Gasteiger partial charge in [0.1, 0.15) is 6.54 Å². The number of carbonyl (C=O) groups excluding carboxylic acids is 4. The lowest BCUT2D eigenvalue weighted by molar-refractivity contribution is -0.384. The highest BCUT2D eigenvalue weighted by atomic mass is 79.9. The molecule has 12 heteroatoms. The lowest BCUT2D eigenvalue weighted by Crippen LogP contribution is -2.52. The smallest absolute Gasteiger partial charge is 0.273 e. The summed E-state index contributed by atoms with van der Waals surface area (Å²) in [4.78, 5) is 63.8. The Morgan fingerprint density at radius 3 is 2.09 bits per heavy atom. The lowest BCUT2D eigenvalue weighted by Gasteiger charge is -2.30. The van der Waals surface area contributed by atoms with E-state index in [1.54, 1.807) is 24.3 Å². The molecule has 182 valence electrons. The van der Waals surface area contributed by atoms with E-state index in [0.29, 0.717) is 12.8 Å². The Morgan fingerprint density at radius 1 is 0.971 bits per heavy atom. The van der Waals surface area contributed by atoms with Crippen molar-refractivity contribution in [1.82, 2.24) is 10.0 Å². The Kier molecular flexibility index (Phi) is 7.53. The van der Waals surface area contributed by atoms with Crippen LogP contribution in [-0.2, 0) is 9.59 Å². The molecule has 3 amide bonds. The number of amides is 3. The number of imide groups is 1. The summed E-state index contributed by atoms with van der Waals surface area (Å²) in [5, 5.41) is 12.8. The Morgan fingerprint density at radius 2 is 1.54 bits per heavy atom. The molecule has 0 N–H and O–H groups in total. The third kappa shape index (κ3) is 5.10. The van der Waals surface area contributed by atoms with Crippen molar-refractivity contribution in [2.45, 2.75) is 22.5 Å². The summed E-state index contributed by atoms with van der Waals surface area (Å²) in [5.74, 6) is -3.75. The first-order valence-corrected chi connectivity index (χ1v) is 13.2. The van der Waals surface area contributed by atoms with Crippen molar-refractivity contribution in [3.63, 3.8) is 0 Å². The zero-order chi connectivity index (χ0) is 25.4. The number of alkyl halides is 2.